The molecule has 0 aliphatic carbocycles. The van der Waals surface area contributed by atoms with E-state index in [9.17, 15) is 9.59 Å². The van der Waals surface area contributed by atoms with Crippen molar-refractivity contribution in [1.29, 1.82) is 0 Å². The number of benzene rings is 2. The summed E-state index contributed by atoms with van der Waals surface area (Å²) in [4.78, 5) is 25.3. The Hall–Kier alpha value is -2.31. The van der Waals surface area contributed by atoms with Crippen LogP contribution < -0.4 is 11.1 Å². The number of hydrogen-bond donors (Lipinski definition) is 2. The molecule has 0 radical (unpaired) electrons. The molecule has 0 spiro atoms. The predicted molar refractivity (Wildman–Crippen MR) is 128 cm³/mol. The molecule has 1 amide bonds. The van der Waals surface area contributed by atoms with E-state index in [4.69, 9.17) is 10.5 Å². The Bertz CT molecular complexity index is 832. The molecular formula is C25H34N2O3S. The molecule has 2 atom stereocenters. The summed E-state index contributed by atoms with van der Waals surface area (Å²) in [6.45, 7) is 6.66. The first kappa shape index (κ1) is 25.0. The zero-order valence-corrected chi connectivity index (χ0v) is 19.7. The summed E-state index contributed by atoms with van der Waals surface area (Å²) in [5, 5.41) is 2.79. The lowest BCUT2D eigenvalue weighted by atomic mass is 9.86. The highest BCUT2D eigenvalue weighted by molar-refractivity contribution is 7.98. The van der Waals surface area contributed by atoms with Gasteiger partial charge >= 0.3 is 5.97 Å². The number of carbonyl (C=O) groups excluding carboxylic acids is 2. The minimum Gasteiger partial charge on any atom is -0.459 e. The molecule has 0 saturated carbocycles. The monoisotopic (exact) mass is 442 g/mol. The van der Waals surface area contributed by atoms with E-state index < -0.39 is 18.1 Å². The second kappa shape index (κ2) is 11.9. The van der Waals surface area contributed by atoms with Gasteiger partial charge in [-0.1, -0.05) is 75.4 Å². The normalized spacial score (nSPS) is 13.3. The number of carbonyl (C=O) groups is 2. The fourth-order valence-corrected chi connectivity index (χ4v) is 3.55. The van der Waals surface area contributed by atoms with Crippen molar-refractivity contribution in [3.8, 4) is 0 Å². The second-order valence-corrected chi connectivity index (χ2v) is 9.68. The number of ether oxygens (including phenoxy) is 1. The molecule has 5 nitrogen and oxygen atoms in total. The number of amides is 1. The van der Waals surface area contributed by atoms with Crippen molar-refractivity contribution >= 4 is 23.6 Å². The van der Waals surface area contributed by atoms with E-state index in [1.165, 1.54) is 5.56 Å². The topological polar surface area (TPSA) is 81.4 Å². The van der Waals surface area contributed by atoms with Crippen LogP contribution in [0.15, 0.2) is 54.6 Å². The average molecular weight is 443 g/mol. The maximum Gasteiger partial charge on any atom is 0.329 e. The molecule has 2 aromatic rings. The quantitative estimate of drug-likeness (QED) is 0.547. The molecule has 0 heterocycles. The Balaban J connectivity index is 1.94. The Morgan fingerprint density at radius 2 is 1.68 bits per heavy atom. The van der Waals surface area contributed by atoms with E-state index in [0.29, 0.717) is 12.8 Å². The molecule has 0 aliphatic rings. The minimum atomic E-state index is -0.737. The number of nitrogens with one attached hydrogen (secondary N) is 1. The van der Waals surface area contributed by atoms with Crippen LogP contribution in [0.25, 0.3) is 0 Å². The molecule has 6 heteroatoms. The van der Waals surface area contributed by atoms with E-state index in [2.05, 4.69) is 38.2 Å². The van der Waals surface area contributed by atoms with Gasteiger partial charge in [-0.05, 0) is 47.0 Å². The molecule has 2 aromatic carbocycles. The lowest BCUT2D eigenvalue weighted by Crippen LogP contribution is -2.49. The van der Waals surface area contributed by atoms with E-state index in [-0.39, 0.29) is 17.9 Å². The van der Waals surface area contributed by atoms with Gasteiger partial charge in [0.25, 0.3) is 0 Å². The van der Waals surface area contributed by atoms with E-state index in [1.807, 2.05) is 48.7 Å². The zero-order valence-electron chi connectivity index (χ0n) is 18.9. The summed E-state index contributed by atoms with van der Waals surface area (Å²) in [7, 11) is 0. The van der Waals surface area contributed by atoms with Crippen molar-refractivity contribution in [2.75, 3.05) is 12.0 Å². The lowest BCUT2D eigenvalue weighted by molar-refractivity contribution is -0.149. The van der Waals surface area contributed by atoms with Gasteiger partial charge in [-0.2, -0.15) is 11.8 Å². The highest BCUT2D eigenvalue weighted by Crippen LogP contribution is 2.22. The van der Waals surface area contributed by atoms with Gasteiger partial charge in [-0.3, -0.25) is 4.79 Å². The van der Waals surface area contributed by atoms with Crippen LogP contribution in [-0.4, -0.2) is 36.0 Å². The third kappa shape index (κ3) is 8.38. The van der Waals surface area contributed by atoms with Gasteiger partial charge in [-0.15, -0.1) is 0 Å². The van der Waals surface area contributed by atoms with Crippen LogP contribution in [-0.2, 0) is 32.8 Å². The number of hydrogen-bond acceptors (Lipinski definition) is 5. The van der Waals surface area contributed by atoms with E-state index >= 15 is 0 Å². The van der Waals surface area contributed by atoms with Gasteiger partial charge in [-0.25, -0.2) is 4.79 Å². The largest absolute Gasteiger partial charge is 0.459 e. The number of rotatable bonds is 10. The fourth-order valence-electron chi connectivity index (χ4n) is 3.08. The third-order valence-corrected chi connectivity index (χ3v) is 5.69. The lowest BCUT2D eigenvalue weighted by Gasteiger charge is -2.21. The summed E-state index contributed by atoms with van der Waals surface area (Å²) in [5.74, 6) is -0.0508. The Kier molecular flexibility index (Phi) is 9.59. The standard InChI is InChI=1S/C25H34N2O3S/c1-25(2,3)20-12-10-18(11-13-20)16-21(26)23(28)27-22(14-15-31-4)24(29)30-17-19-8-6-5-7-9-19/h5-13,21-22H,14-17,26H2,1-4H3,(H,27,28)/t21-,22-/m0/s1. The molecular weight excluding hydrogens is 408 g/mol. The average Bonchev–Trinajstić information content (AvgIpc) is 2.75. The van der Waals surface area contributed by atoms with Gasteiger partial charge in [0.05, 0.1) is 6.04 Å². The van der Waals surface area contributed by atoms with E-state index in [1.54, 1.807) is 11.8 Å². The molecule has 0 aromatic heterocycles. The molecule has 0 saturated heterocycles. The Morgan fingerprint density at radius 1 is 1.03 bits per heavy atom. The van der Waals surface area contributed by atoms with Crippen LogP contribution in [0.2, 0.25) is 0 Å². The number of esters is 1. The fraction of sp³-hybridized carbons (Fsp3) is 0.440. The molecule has 0 aliphatic heterocycles. The molecule has 2 rings (SSSR count). The molecule has 0 fully saturated rings. The van der Waals surface area contributed by atoms with Gasteiger partial charge in [0.15, 0.2) is 0 Å². The van der Waals surface area contributed by atoms with E-state index in [0.717, 1.165) is 16.9 Å². The van der Waals surface area contributed by atoms with Crippen molar-refractivity contribution in [1.82, 2.24) is 5.32 Å². The molecule has 31 heavy (non-hydrogen) atoms. The Labute approximate surface area is 190 Å². The van der Waals surface area contributed by atoms with Crippen molar-refractivity contribution < 1.29 is 14.3 Å². The maximum absolute atomic E-state index is 12.7. The smallest absolute Gasteiger partial charge is 0.329 e. The first-order chi connectivity index (χ1) is 14.7. The van der Waals surface area contributed by atoms with Crippen LogP contribution >= 0.6 is 11.8 Å². The predicted octanol–water partition coefficient (Wildman–Crippen LogP) is 3.84. The summed E-state index contributed by atoms with van der Waals surface area (Å²) in [6.07, 6.45) is 2.86. The number of nitrogens with two attached hydrogens (primary N) is 1. The number of thioether (sulfide) groups is 1. The highest BCUT2D eigenvalue weighted by Gasteiger charge is 2.25. The van der Waals surface area contributed by atoms with Crippen molar-refractivity contribution in [2.45, 2.75) is 57.7 Å². The summed E-state index contributed by atoms with van der Waals surface area (Å²) < 4.78 is 5.43. The van der Waals surface area contributed by atoms with Gasteiger partial charge in [0.1, 0.15) is 12.6 Å². The maximum atomic E-state index is 12.7. The SMILES string of the molecule is CSCC[C@H](NC(=O)[C@@H](N)Cc1ccc(C(C)(C)C)cc1)C(=O)OCc1ccccc1. The van der Waals surface area contributed by atoms with Crippen LogP contribution in [0.4, 0.5) is 0 Å². The van der Waals surface area contributed by atoms with Gasteiger partial charge in [0, 0.05) is 0 Å². The molecule has 3 N–H and O–H groups in total. The van der Waals surface area contributed by atoms with Crippen LogP contribution in [0, 0.1) is 0 Å². The minimum absolute atomic E-state index is 0.0721. The molecule has 0 unspecified atom stereocenters. The van der Waals surface area contributed by atoms with Crippen molar-refractivity contribution in [3.05, 3.63) is 71.3 Å². The van der Waals surface area contributed by atoms with Crippen molar-refractivity contribution in [2.24, 2.45) is 5.73 Å². The molecule has 168 valence electrons. The third-order valence-electron chi connectivity index (χ3n) is 5.05. The summed E-state index contributed by atoms with van der Waals surface area (Å²) >= 11 is 1.61. The first-order valence-corrected chi connectivity index (χ1v) is 11.9. The highest BCUT2D eigenvalue weighted by atomic mass is 32.2. The van der Waals surface area contributed by atoms with Crippen LogP contribution in [0.3, 0.4) is 0 Å². The second-order valence-electron chi connectivity index (χ2n) is 8.69. The van der Waals surface area contributed by atoms with Gasteiger partial charge in [0.2, 0.25) is 5.91 Å². The molecule has 0 bridgehead atoms. The summed E-state index contributed by atoms with van der Waals surface area (Å²) in [6, 6.07) is 16.2. The van der Waals surface area contributed by atoms with Crippen LogP contribution in [0.5, 0.6) is 0 Å². The Morgan fingerprint density at radius 3 is 2.26 bits per heavy atom. The first-order valence-electron chi connectivity index (χ1n) is 10.6. The zero-order chi connectivity index (χ0) is 22.9. The van der Waals surface area contributed by atoms with Crippen LogP contribution in [0.1, 0.15) is 43.9 Å². The van der Waals surface area contributed by atoms with Gasteiger partial charge < -0.3 is 15.8 Å². The summed E-state index contributed by atoms with van der Waals surface area (Å²) in [5.41, 5.74) is 9.34. The van der Waals surface area contributed by atoms with Crippen molar-refractivity contribution in [3.63, 3.8) is 0 Å².